The summed E-state index contributed by atoms with van der Waals surface area (Å²) < 4.78 is 5.09. The molecule has 4 nitrogen and oxygen atoms in total. The van der Waals surface area contributed by atoms with Crippen molar-refractivity contribution in [3.05, 3.63) is 40.7 Å². The topological polar surface area (TPSA) is 63.0 Å². The zero-order valence-electron chi connectivity index (χ0n) is 12.9. The van der Waals surface area contributed by atoms with Gasteiger partial charge in [-0.3, -0.25) is 0 Å². The summed E-state index contributed by atoms with van der Waals surface area (Å²) in [6, 6.07) is 3.89. The normalized spacial score (nSPS) is 19.4. The molecule has 1 fully saturated rings. The van der Waals surface area contributed by atoms with Crippen LogP contribution in [-0.2, 0) is 11.2 Å². The fourth-order valence-corrected chi connectivity index (χ4v) is 3.29. The molecule has 0 amide bonds. The van der Waals surface area contributed by atoms with E-state index in [2.05, 4.69) is 17.6 Å². The fourth-order valence-electron chi connectivity index (χ4n) is 3.29. The molecule has 0 saturated heterocycles. The van der Waals surface area contributed by atoms with Crippen LogP contribution in [0.15, 0.2) is 18.2 Å². The molecule has 0 bridgehead atoms. The number of hydrogen-bond donors (Lipinski definition) is 0. The first kappa shape index (κ1) is 14.8. The second-order valence-corrected chi connectivity index (χ2v) is 6.15. The van der Waals surface area contributed by atoms with E-state index in [9.17, 15) is 10.1 Å². The predicted molar refractivity (Wildman–Crippen MR) is 82.5 cm³/mol. The van der Waals surface area contributed by atoms with Gasteiger partial charge < -0.3 is 4.74 Å². The molecule has 2 aliphatic rings. The summed E-state index contributed by atoms with van der Waals surface area (Å²) in [6.07, 6.45) is 5.41. The maximum absolute atomic E-state index is 12.1. The number of rotatable bonds is 5. The number of hydrogen-bond acceptors (Lipinski definition) is 4. The van der Waals surface area contributed by atoms with Crippen molar-refractivity contribution in [2.75, 3.05) is 6.61 Å². The standard InChI is InChI=1S/C18H20N2O2/c1-3-22-18(21)17-15-7-6-14(11(2)8-12-4-5-12)16(15)9-13(10-19)20-17/h9,12,14H,2-8H2,1H3/t14-/m0/s1. The van der Waals surface area contributed by atoms with Crippen LogP contribution < -0.4 is 0 Å². The Labute approximate surface area is 130 Å². The number of allylic oxidation sites excluding steroid dienone is 1. The number of nitriles is 1. The summed E-state index contributed by atoms with van der Waals surface area (Å²) in [4.78, 5) is 16.3. The molecule has 114 valence electrons. The first-order valence-electron chi connectivity index (χ1n) is 7.92. The molecular weight excluding hydrogens is 276 g/mol. The number of aromatic nitrogens is 1. The Hall–Kier alpha value is -2.15. The average Bonchev–Trinajstić information content (AvgIpc) is 3.22. The summed E-state index contributed by atoms with van der Waals surface area (Å²) in [6.45, 7) is 6.34. The van der Waals surface area contributed by atoms with Crippen molar-refractivity contribution in [3.8, 4) is 6.07 Å². The lowest BCUT2D eigenvalue weighted by Gasteiger charge is -2.15. The van der Waals surface area contributed by atoms with E-state index in [1.807, 2.05) is 6.07 Å². The number of carbonyl (C=O) groups is 1. The van der Waals surface area contributed by atoms with Gasteiger partial charge in [0.05, 0.1) is 6.61 Å². The molecule has 0 radical (unpaired) electrons. The SMILES string of the molecule is C=C(CC1CC1)[C@@H]1CCc2c1cc(C#N)nc2C(=O)OCC. The highest BCUT2D eigenvalue weighted by atomic mass is 16.5. The maximum atomic E-state index is 12.1. The first-order valence-corrected chi connectivity index (χ1v) is 7.92. The summed E-state index contributed by atoms with van der Waals surface area (Å²) in [5.41, 5.74) is 3.83. The largest absolute Gasteiger partial charge is 0.461 e. The van der Waals surface area contributed by atoms with Crippen molar-refractivity contribution in [1.82, 2.24) is 4.98 Å². The smallest absolute Gasteiger partial charge is 0.357 e. The van der Waals surface area contributed by atoms with Crippen LogP contribution in [0.3, 0.4) is 0 Å². The number of fused-ring (bicyclic) bond motifs is 1. The summed E-state index contributed by atoms with van der Waals surface area (Å²) >= 11 is 0. The zero-order valence-corrected chi connectivity index (χ0v) is 12.9. The highest BCUT2D eigenvalue weighted by molar-refractivity contribution is 5.90. The molecular formula is C18H20N2O2. The molecule has 3 rings (SSSR count). The Balaban J connectivity index is 1.95. The molecule has 0 aromatic carbocycles. The number of nitrogens with zero attached hydrogens (tertiary/aromatic N) is 2. The number of pyridine rings is 1. The third-order valence-electron chi connectivity index (χ3n) is 4.54. The third-order valence-corrected chi connectivity index (χ3v) is 4.54. The van der Waals surface area contributed by atoms with E-state index in [0.717, 1.165) is 36.3 Å². The van der Waals surface area contributed by atoms with E-state index < -0.39 is 5.97 Å². The highest BCUT2D eigenvalue weighted by Gasteiger charge is 2.33. The zero-order chi connectivity index (χ0) is 15.7. The van der Waals surface area contributed by atoms with E-state index in [1.54, 1.807) is 6.92 Å². The van der Waals surface area contributed by atoms with E-state index >= 15 is 0 Å². The average molecular weight is 296 g/mol. The Bertz CT molecular complexity index is 668. The van der Waals surface area contributed by atoms with Gasteiger partial charge in [0.25, 0.3) is 0 Å². The molecule has 1 atom stereocenters. The molecule has 22 heavy (non-hydrogen) atoms. The Kier molecular flexibility index (Phi) is 3.98. The molecule has 1 heterocycles. The summed E-state index contributed by atoms with van der Waals surface area (Å²) in [5, 5.41) is 9.20. The molecule has 1 aromatic rings. The van der Waals surface area contributed by atoms with Gasteiger partial charge in [-0.1, -0.05) is 12.2 Å². The molecule has 1 saturated carbocycles. The van der Waals surface area contributed by atoms with E-state index in [1.165, 1.54) is 18.4 Å². The number of esters is 1. The van der Waals surface area contributed by atoms with E-state index in [4.69, 9.17) is 4.74 Å². The number of carbonyl (C=O) groups excluding carboxylic acids is 1. The van der Waals surface area contributed by atoms with Gasteiger partial charge in [-0.2, -0.15) is 5.26 Å². The van der Waals surface area contributed by atoms with Crippen LogP contribution in [0, 0.1) is 17.2 Å². The van der Waals surface area contributed by atoms with Crippen molar-refractivity contribution in [2.24, 2.45) is 5.92 Å². The van der Waals surface area contributed by atoms with E-state index in [-0.39, 0.29) is 11.6 Å². The lowest BCUT2D eigenvalue weighted by Crippen LogP contribution is -2.12. The minimum absolute atomic E-state index is 0.249. The van der Waals surface area contributed by atoms with Crippen molar-refractivity contribution in [3.63, 3.8) is 0 Å². The van der Waals surface area contributed by atoms with Crippen LogP contribution in [0.5, 0.6) is 0 Å². The van der Waals surface area contributed by atoms with Crippen LogP contribution in [0.25, 0.3) is 0 Å². The van der Waals surface area contributed by atoms with Crippen LogP contribution >= 0.6 is 0 Å². The highest BCUT2D eigenvalue weighted by Crippen LogP contribution is 2.44. The predicted octanol–water partition coefficient (Wildman–Crippen LogP) is 3.52. The maximum Gasteiger partial charge on any atom is 0.357 e. The quantitative estimate of drug-likeness (QED) is 0.616. The summed E-state index contributed by atoms with van der Waals surface area (Å²) in [7, 11) is 0. The fraction of sp³-hybridized carbons (Fsp3) is 0.500. The number of ether oxygens (including phenoxy) is 1. The first-order chi connectivity index (χ1) is 10.6. The van der Waals surface area contributed by atoms with Gasteiger partial charge in [0.2, 0.25) is 0 Å². The monoisotopic (exact) mass is 296 g/mol. The molecule has 0 N–H and O–H groups in total. The van der Waals surface area contributed by atoms with Gasteiger partial charge in [-0.15, -0.1) is 0 Å². The lowest BCUT2D eigenvalue weighted by atomic mass is 9.90. The van der Waals surface area contributed by atoms with Crippen molar-refractivity contribution in [2.45, 2.75) is 44.9 Å². The molecule has 1 aromatic heterocycles. The van der Waals surface area contributed by atoms with Gasteiger partial charge >= 0.3 is 5.97 Å². The van der Waals surface area contributed by atoms with Gasteiger partial charge in [0, 0.05) is 5.92 Å². The summed E-state index contributed by atoms with van der Waals surface area (Å²) in [5.74, 6) is 0.613. The van der Waals surface area contributed by atoms with Crippen molar-refractivity contribution in [1.29, 1.82) is 5.26 Å². The van der Waals surface area contributed by atoms with Crippen LogP contribution in [0.4, 0.5) is 0 Å². The second-order valence-electron chi connectivity index (χ2n) is 6.15. The molecule has 4 heteroatoms. The van der Waals surface area contributed by atoms with Crippen molar-refractivity contribution < 1.29 is 9.53 Å². The van der Waals surface area contributed by atoms with Crippen LogP contribution in [0.1, 0.15) is 65.8 Å². The Morgan fingerprint density at radius 1 is 1.50 bits per heavy atom. The van der Waals surface area contributed by atoms with Crippen LogP contribution in [-0.4, -0.2) is 17.6 Å². The minimum atomic E-state index is -0.427. The second kappa shape index (κ2) is 5.92. The van der Waals surface area contributed by atoms with Gasteiger partial charge in [0.1, 0.15) is 11.8 Å². The minimum Gasteiger partial charge on any atom is -0.461 e. The Morgan fingerprint density at radius 3 is 2.91 bits per heavy atom. The van der Waals surface area contributed by atoms with Crippen molar-refractivity contribution >= 4 is 5.97 Å². The molecule has 0 unspecified atom stereocenters. The van der Waals surface area contributed by atoms with E-state index in [0.29, 0.717) is 12.3 Å². The lowest BCUT2D eigenvalue weighted by molar-refractivity contribution is 0.0518. The van der Waals surface area contributed by atoms with Gasteiger partial charge in [-0.25, -0.2) is 9.78 Å². The van der Waals surface area contributed by atoms with Gasteiger partial charge in [0.15, 0.2) is 5.69 Å². The van der Waals surface area contributed by atoms with Gasteiger partial charge in [-0.05, 0) is 62.1 Å². The Morgan fingerprint density at radius 2 is 2.27 bits per heavy atom. The molecule has 2 aliphatic carbocycles. The molecule has 0 aliphatic heterocycles. The van der Waals surface area contributed by atoms with Crippen LogP contribution in [0.2, 0.25) is 0 Å². The molecule has 0 spiro atoms. The third kappa shape index (κ3) is 2.76.